The van der Waals surface area contributed by atoms with Crippen LogP contribution in [0.5, 0.6) is 0 Å². The van der Waals surface area contributed by atoms with E-state index >= 15 is 0 Å². The highest BCUT2D eigenvalue weighted by Crippen LogP contribution is 2.24. The molecule has 7 heteroatoms. The minimum Gasteiger partial charge on any atom is -0.385 e. The van der Waals surface area contributed by atoms with Crippen LogP contribution in [0, 0.1) is 6.92 Å². The Labute approximate surface area is 210 Å². The van der Waals surface area contributed by atoms with Gasteiger partial charge in [0.15, 0.2) is 0 Å². The van der Waals surface area contributed by atoms with Crippen LogP contribution < -0.4 is 0 Å². The molecule has 0 radical (unpaired) electrons. The lowest BCUT2D eigenvalue weighted by Crippen LogP contribution is -2.44. The standard InChI is InChI=1S/C27H31ClN2O3S/c1-21-14-17-34-24(21)19-30(18-22-10-5-3-6-11-22)25(31)20-29(15-9-16-33-2)27(32)26(28)23-12-7-4-8-13-23/h3-8,10-14,17,26H,9,15-16,18-20H2,1-2H3. The zero-order valence-corrected chi connectivity index (χ0v) is 21.2. The van der Waals surface area contributed by atoms with Crippen molar-refractivity contribution in [3.05, 3.63) is 93.7 Å². The third-order valence-corrected chi connectivity index (χ3v) is 7.04. The van der Waals surface area contributed by atoms with Crippen molar-refractivity contribution >= 4 is 34.8 Å². The first-order valence-electron chi connectivity index (χ1n) is 11.3. The maximum Gasteiger partial charge on any atom is 0.245 e. The van der Waals surface area contributed by atoms with Gasteiger partial charge in [-0.2, -0.15) is 0 Å². The normalized spacial score (nSPS) is 11.7. The van der Waals surface area contributed by atoms with Crippen molar-refractivity contribution in [2.24, 2.45) is 0 Å². The fourth-order valence-corrected chi connectivity index (χ4v) is 4.83. The Kier molecular flexibility index (Phi) is 10.1. The van der Waals surface area contributed by atoms with E-state index in [-0.39, 0.29) is 18.4 Å². The summed E-state index contributed by atoms with van der Waals surface area (Å²) in [7, 11) is 1.62. The molecule has 1 atom stereocenters. The molecule has 3 rings (SSSR count). The number of aryl methyl sites for hydroxylation is 1. The quantitative estimate of drug-likeness (QED) is 0.247. The maximum atomic E-state index is 13.6. The van der Waals surface area contributed by atoms with Crippen molar-refractivity contribution in [1.29, 1.82) is 0 Å². The number of methoxy groups -OCH3 is 1. The summed E-state index contributed by atoms with van der Waals surface area (Å²) in [5.74, 6) is -0.386. The van der Waals surface area contributed by atoms with Crippen LogP contribution in [0.3, 0.4) is 0 Å². The number of nitrogens with zero attached hydrogens (tertiary/aromatic N) is 2. The largest absolute Gasteiger partial charge is 0.385 e. The second kappa shape index (κ2) is 13.3. The van der Waals surface area contributed by atoms with E-state index in [1.165, 1.54) is 0 Å². The number of carbonyl (C=O) groups is 2. The van der Waals surface area contributed by atoms with E-state index in [1.54, 1.807) is 23.3 Å². The third kappa shape index (κ3) is 7.42. The molecule has 180 valence electrons. The van der Waals surface area contributed by atoms with E-state index in [2.05, 4.69) is 13.0 Å². The molecule has 0 spiro atoms. The first-order chi connectivity index (χ1) is 16.5. The summed E-state index contributed by atoms with van der Waals surface area (Å²) < 4.78 is 5.17. The number of hydrogen-bond donors (Lipinski definition) is 0. The van der Waals surface area contributed by atoms with Crippen molar-refractivity contribution in [2.45, 2.75) is 31.8 Å². The fraction of sp³-hybridized carbons (Fsp3) is 0.333. The molecule has 0 saturated heterocycles. The summed E-state index contributed by atoms with van der Waals surface area (Å²) in [5.41, 5.74) is 2.92. The van der Waals surface area contributed by atoms with E-state index in [1.807, 2.05) is 70.9 Å². The highest BCUT2D eigenvalue weighted by molar-refractivity contribution is 7.10. The number of thiophene rings is 1. The molecule has 3 aromatic rings. The molecule has 0 saturated carbocycles. The molecule has 0 aliphatic carbocycles. The van der Waals surface area contributed by atoms with E-state index in [4.69, 9.17) is 16.3 Å². The molecule has 0 fully saturated rings. The molecule has 0 bridgehead atoms. The molecule has 0 aliphatic rings. The zero-order chi connectivity index (χ0) is 24.3. The molecule has 0 N–H and O–H groups in total. The van der Waals surface area contributed by atoms with Gasteiger partial charge in [-0.1, -0.05) is 60.7 Å². The van der Waals surface area contributed by atoms with Gasteiger partial charge in [0.2, 0.25) is 11.8 Å². The van der Waals surface area contributed by atoms with Crippen LogP contribution in [0.2, 0.25) is 0 Å². The topological polar surface area (TPSA) is 49.9 Å². The number of alkyl halides is 1. The van der Waals surface area contributed by atoms with Gasteiger partial charge in [0.05, 0.1) is 13.1 Å². The number of benzene rings is 2. The Morgan fingerprint density at radius 2 is 1.65 bits per heavy atom. The third-order valence-electron chi connectivity index (χ3n) is 5.59. The SMILES string of the molecule is COCCCN(CC(=O)N(Cc1ccccc1)Cc1sccc1C)C(=O)C(Cl)c1ccccc1. The number of ether oxygens (including phenoxy) is 1. The van der Waals surface area contributed by atoms with Gasteiger partial charge in [-0.25, -0.2) is 0 Å². The maximum absolute atomic E-state index is 13.6. The monoisotopic (exact) mass is 498 g/mol. The Hall–Kier alpha value is -2.67. The highest BCUT2D eigenvalue weighted by atomic mass is 35.5. The molecule has 1 heterocycles. The first kappa shape index (κ1) is 25.9. The summed E-state index contributed by atoms with van der Waals surface area (Å²) in [6, 6.07) is 21.2. The first-order valence-corrected chi connectivity index (χ1v) is 12.6. The van der Waals surface area contributed by atoms with Crippen LogP contribution >= 0.6 is 22.9 Å². The van der Waals surface area contributed by atoms with Crippen molar-refractivity contribution < 1.29 is 14.3 Å². The molecule has 2 amide bonds. The molecule has 34 heavy (non-hydrogen) atoms. The molecular weight excluding hydrogens is 468 g/mol. The van der Waals surface area contributed by atoms with Crippen LogP contribution in [0.25, 0.3) is 0 Å². The van der Waals surface area contributed by atoms with Gasteiger partial charge in [-0.15, -0.1) is 22.9 Å². The molecular formula is C27H31ClN2O3S. The van der Waals surface area contributed by atoms with Gasteiger partial charge in [-0.3, -0.25) is 9.59 Å². The van der Waals surface area contributed by atoms with E-state index in [0.29, 0.717) is 38.2 Å². The van der Waals surface area contributed by atoms with Gasteiger partial charge >= 0.3 is 0 Å². The number of halogens is 1. The van der Waals surface area contributed by atoms with Crippen LogP contribution in [0.1, 0.15) is 33.4 Å². The van der Waals surface area contributed by atoms with E-state index in [9.17, 15) is 9.59 Å². The lowest BCUT2D eigenvalue weighted by Gasteiger charge is -2.29. The lowest BCUT2D eigenvalue weighted by molar-refractivity contribution is -0.141. The van der Waals surface area contributed by atoms with E-state index in [0.717, 1.165) is 16.0 Å². The van der Waals surface area contributed by atoms with Gasteiger partial charge in [0.25, 0.3) is 0 Å². The van der Waals surface area contributed by atoms with Crippen LogP contribution in [-0.2, 0) is 27.4 Å². The number of amides is 2. The second-order valence-electron chi connectivity index (χ2n) is 8.14. The number of hydrogen-bond acceptors (Lipinski definition) is 4. The lowest BCUT2D eigenvalue weighted by atomic mass is 10.1. The Bertz CT molecular complexity index is 1040. The van der Waals surface area contributed by atoms with Gasteiger partial charge in [-0.05, 0) is 41.5 Å². The smallest absolute Gasteiger partial charge is 0.245 e. The Balaban J connectivity index is 1.79. The minimum absolute atomic E-state index is 0.0319. The van der Waals surface area contributed by atoms with Gasteiger partial charge in [0, 0.05) is 31.7 Å². The summed E-state index contributed by atoms with van der Waals surface area (Å²) in [6.07, 6.45) is 0.622. The fourth-order valence-electron chi connectivity index (χ4n) is 3.63. The zero-order valence-electron chi connectivity index (χ0n) is 19.7. The second-order valence-corrected chi connectivity index (χ2v) is 9.58. The molecule has 5 nitrogen and oxygen atoms in total. The van der Waals surface area contributed by atoms with E-state index < -0.39 is 5.38 Å². The van der Waals surface area contributed by atoms with Crippen molar-refractivity contribution in [1.82, 2.24) is 9.80 Å². The van der Waals surface area contributed by atoms with Gasteiger partial charge < -0.3 is 14.5 Å². The average Bonchev–Trinajstić information content (AvgIpc) is 3.27. The van der Waals surface area contributed by atoms with Crippen molar-refractivity contribution in [3.63, 3.8) is 0 Å². The van der Waals surface area contributed by atoms with Crippen molar-refractivity contribution in [3.8, 4) is 0 Å². The predicted molar refractivity (Wildman–Crippen MR) is 138 cm³/mol. The Morgan fingerprint density at radius 3 is 2.26 bits per heavy atom. The summed E-state index contributed by atoms with van der Waals surface area (Å²) in [5, 5.41) is 1.19. The molecule has 0 aliphatic heterocycles. The number of rotatable bonds is 12. The Morgan fingerprint density at radius 1 is 0.971 bits per heavy atom. The average molecular weight is 499 g/mol. The summed E-state index contributed by atoms with van der Waals surface area (Å²) >= 11 is 8.19. The predicted octanol–water partition coefficient (Wildman–Crippen LogP) is 5.43. The van der Waals surface area contributed by atoms with Gasteiger partial charge in [0.1, 0.15) is 5.38 Å². The van der Waals surface area contributed by atoms with Crippen LogP contribution in [0.4, 0.5) is 0 Å². The highest BCUT2D eigenvalue weighted by Gasteiger charge is 2.27. The molecule has 1 aromatic heterocycles. The summed E-state index contributed by atoms with van der Waals surface area (Å²) in [6.45, 7) is 3.88. The van der Waals surface area contributed by atoms with Crippen LogP contribution in [0.15, 0.2) is 72.1 Å². The summed E-state index contributed by atoms with van der Waals surface area (Å²) in [4.78, 5) is 31.4. The molecule has 2 aromatic carbocycles. The molecule has 1 unspecified atom stereocenters. The van der Waals surface area contributed by atoms with Crippen molar-refractivity contribution in [2.75, 3.05) is 26.8 Å². The minimum atomic E-state index is -0.848. The van der Waals surface area contributed by atoms with Crippen LogP contribution in [-0.4, -0.2) is 48.4 Å². The number of carbonyl (C=O) groups excluding carboxylic acids is 2.